The van der Waals surface area contributed by atoms with Crippen LogP contribution in [0.25, 0.3) is 0 Å². The van der Waals surface area contributed by atoms with Gasteiger partial charge in [0.2, 0.25) is 0 Å². The summed E-state index contributed by atoms with van der Waals surface area (Å²) in [6.07, 6.45) is 1.30. The standard InChI is InChI=1S/C15H22N2O4S/c1-10(2)22(19,20)14-7-6-11(17-15(18)21-3)9-12(14)13-5-4-8-16-13/h6-7,9-10,13,16H,4-5,8H2,1-3H3,(H,17,18). The van der Waals surface area contributed by atoms with E-state index in [-0.39, 0.29) is 6.04 Å². The van der Waals surface area contributed by atoms with Gasteiger partial charge in [-0.2, -0.15) is 0 Å². The van der Waals surface area contributed by atoms with Crippen molar-refractivity contribution in [2.24, 2.45) is 0 Å². The van der Waals surface area contributed by atoms with E-state index in [2.05, 4.69) is 15.4 Å². The van der Waals surface area contributed by atoms with Crippen LogP contribution >= 0.6 is 0 Å². The highest BCUT2D eigenvalue weighted by Crippen LogP contribution is 2.32. The molecule has 122 valence electrons. The highest BCUT2D eigenvalue weighted by atomic mass is 32.2. The van der Waals surface area contributed by atoms with Crippen molar-refractivity contribution < 1.29 is 17.9 Å². The van der Waals surface area contributed by atoms with Gasteiger partial charge in [-0.15, -0.1) is 0 Å². The highest BCUT2D eigenvalue weighted by Gasteiger charge is 2.28. The smallest absolute Gasteiger partial charge is 0.411 e. The van der Waals surface area contributed by atoms with Crippen LogP contribution in [0.15, 0.2) is 23.1 Å². The molecule has 22 heavy (non-hydrogen) atoms. The third-order valence-electron chi connectivity index (χ3n) is 3.80. The van der Waals surface area contributed by atoms with E-state index >= 15 is 0 Å². The number of amides is 1. The summed E-state index contributed by atoms with van der Waals surface area (Å²) >= 11 is 0. The number of benzene rings is 1. The van der Waals surface area contributed by atoms with Gasteiger partial charge < -0.3 is 10.1 Å². The van der Waals surface area contributed by atoms with Gasteiger partial charge in [-0.1, -0.05) is 0 Å². The lowest BCUT2D eigenvalue weighted by molar-refractivity contribution is 0.187. The Morgan fingerprint density at radius 3 is 2.68 bits per heavy atom. The minimum atomic E-state index is -3.38. The van der Waals surface area contributed by atoms with E-state index in [9.17, 15) is 13.2 Å². The van der Waals surface area contributed by atoms with E-state index in [1.54, 1.807) is 32.0 Å². The Balaban J connectivity index is 2.47. The third kappa shape index (κ3) is 3.41. The van der Waals surface area contributed by atoms with Crippen LogP contribution in [-0.2, 0) is 14.6 Å². The van der Waals surface area contributed by atoms with E-state index in [1.165, 1.54) is 7.11 Å². The number of carbonyl (C=O) groups is 1. The van der Waals surface area contributed by atoms with Gasteiger partial charge in [-0.05, 0) is 57.0 Å². The predicted molar refractivity (Wildman–Crippen MR) is 84.8 cm³/mol. The molecular weight excluding hydrogens is 304 g/mol. The summed E-state index contributed by atoms with van der Waals surface area (Å²) in [6.45, 7) is 4.20. The average molecular weight is 326 g/mol. The van der Waals surface area contributed by atoms with Gasteiger partial charge in [-0.25, -0.2) is 13.2 Å². The molecule has 1 aliphatic rings. The topological polar surface area (TPSA) is 84.5 Å². The monoisotopic (exact) mass is 326 g/mol. The number of methoxy groups -OCH3 is 1. The molecule has 2 rings (SSSR count). The summed E-state index contributed by atoms with van der Waals surface area (Å²) in [7, 11) is -2.10. The van der Waals surface area contributed by atoms with Crippen LogP contribution < -0.4 is 10.6 Å². The average Bonchev–Trinajstić information content (AvgIpc) is 3.00. The molecule has 6 nitrogen and oxygen atoms in total. The molecule has 7 heteroatoms. The fourth-order valence-electron chi connectivity index (χ4n) is 2.53. The van der Waals surface area contributed by atoms with Gasteiger partial charge in [0.1, 0.15) is 0 Å². The van der Waals surface area contributed by atoms with Crippen LogP contribution in [0.4, 0.5) is 10.5 Å². The van der Waals surface area contributed by atoms with Crippen molar-refractivity contribution in [2.75, 3.05) is 19.0 Å². The van der Waals surface area contributed by atoms with Gasteiger partial charge in [-0.3, -0.25) is 5.32 Å². The Bertz CT molecular complexity index is 650. The van der Waals surface area contributed by atoms with Crippen molar-refractivity contribution in [1.29, 1.82) is 0 Å². The molecule has 0 saturated carbocycles. The Hall–Kier alpha value is -1.60. The number of rotatable bonds is 4. The first-order chi connectivity index (χ1) is 10.4. The van der Waals surface area contributed by atoms with Crippen molar-refractivity contribution in [3.63, 3.8) is 0 Å². The first-order valence-electron chi connectivity index (χ1n) is 7.32. The van der Waals surface area contributed by atoms with Crippen molar-refractivity contribution in [3.05, 3.63) is 23.8 Å². The number of hydrogen-bond acceptors (Lipinski definition) is 5. The van der Waals surface area contributed by atoms with Crippen LogP contribution in [-0.4, -0.2) is 33.4 Å². The maximum absolute atomic E-state index is 12.6. The van der Waals surface area contributed by atoms with Crippen molar-refractivity contribution >= 4 is 21.6 Å². The van der Waals surface area contributed by atoms with Gasteiger partial charge in [0, 0.05) is 11.7 Å². The highest BCUT2D eigenvalue weighted by molar-refractivity contribution is 7.92. The minimum Gasteiger partial charge on any atom is -0.453 e. The molecule has 0 spiro atoms. The molecule has 1 unspecified atom stereocenters. The number of carbonyl (C=O) groups excluding carboxylic acids is 1. The molecule has 1 heterocycles. The van der Waals surface area contributed by atoms with E-state index < -0.39 is 21.2 Å². The zero-order chi connectivity index (χ0) is 16.3. The second kappa shape index (κ2) is 6.66. The second-order valence-electron chi connectivity index (χ2n) is 5.61. The summed E-state index contributed by atoms with van der Waals surface area (Å²) in [6, 6.07) is 4.86. The van der Waals surface area contributed by atoms with E-state index in [0.29, 0.717) is 16.1 Å². The summed E-state index contributed by atoms with van der Waals surface area (Å²) in [4.78, 5) is 11.7. The summed E-state index contributed by atoms with van der Waals surface area (Å²) in [5.41, 5.74) is 1.23. The number of hydrogen-bond donors (Lipinski definition) is 2. The van der Waals surface area contributed by atoms with Gasteiger partial charge in [0.25, 0.3) is 0 Å². The molecule has 1 aromatic carbocycles. The Labute approximate surface area is 131 Å². The molecule has 2 N–H and O–H groups in total. The Morgan fingerprint density at radius 1 is 1.41 bits per heavy atom. The normalized spacial score (nSPS) is 18.5. The second-order valence-corrected chi connectivity index (χ2v) is 8.08. The van der Waals surface area contributed by atoms with Crippen LogP contribution in [0.1, 0.15) is 38.3 Å². The molecule has 0 bridgehead atoms. The summed E-state index contributed by atoms with van der Waals surface area (Å²) in [5.74, 6) is 0. The minimum absolute atomic E-state index is 0.0112. The quantitative estimate of drug-likeness (QED) is 0.888. The number of anilines is 1. The van der Waals surface area contributed by atoms with E-state index in [0.717, 1.165) is 19.4 Å². The SMILES string of the molecule is COC(=O)Nc1ccc(S(=O)(=O)C(C)C)c(C2CCCN2)c1. The molecule has 1 aromatic rings. The summed E-state index contributed by atoms with van der Waals surface area (Å²) < 4.78 is 29.7. The first-order valence-corrected chi connectivity index (χ1v) is 8.87. The molecular formula is C15H22N2O4S. The van der Waals surface area contributed by atoms with E-state index in [1.807, 2.05) is 0 Å². The molecule has 0 aromatic heterocycles. The van der Waals surface area contributed by atoms with Crippen LogP contribution in [0.5, 0.6) is 0 Å². The molecule has 0 radical (unpaired) electrons. The molecule has 1 saturated heterocycles. The molecule has 1 atom stereocenters. The predicted octanol–water partition coefficient (Wildman–Crippen LogP) is 2.47. The van der Waals surface area contributed by atoms with Crippen molar-refractivity contribution in [1.82, 2.24) is 5.32 Å². The molecule has 1 aliphatic heterocycles. The lowest BCUT2D eigenvalue weighted by Crippen LogP contribution is -2.21. The number of sulfone groups is 1. The first kappa shape index (κ1) is 16.8. The number of nitrogens with one attached hydrogen (secondary N) is 2. The van der Waals surface area contributed by atoms with Crippen molar-refractivity contribution in [2.45, 2.75) is 42.9 Å². The van der Waals surface area contributed by atoms with E-state index in [4.69, 9.17) is 0 Å². The fraction of sp³-hybridized carbons (Fsp3) is 0.533. The zero-order valence-corrected chi connectivity index (χ0v) is 13.9. The Kier molecular flexibility index (Phi) is 5.08. The van der Waals surface area contributed by atoms with Gasteiger partial charge in [0.05, 0.1) is 17.3 Å². The molecule has 1 amide bonds. The molecule has 1 fully saturated rings. The fourth-order valence-corrected chi connectivity index (χ4v) is 3.83. The maximum atomic E-state index is 12.6. The zero-order valence-electron chi connectivity index (χ0n) is 13.0. The van der Waals surface area contributed by atoms with Gasteiger partial charge >= 0.3 is 6.09 Å². The molecule has 0 aliphatic carbocycles. The lowest BCUT2D eigenvalue weighted by atomic mass is 10.0. The van der Waals surface area contributed by atoms with Crippen LogP contribution in [0.2, 0.25) is 0 Å². The number of ether oxygens (including phenoxy) is 1. The largest absolute Gasteiger partial charge is 0.453 e. The van der Waals surface area contributed by atoms with Crippen molar-refractivity contribution in [3.8, 4) is 0 Å². The maximum Gasteiger partial charge on any atom is 0.411 e. The Morgan fingerprint density at radius 2 is 2.14 bits per heavy atom. The summed E-state index contributed by atoms with van der Waals surface area (Å²) in [5, 5.41) is 5.40. The van der Waals surface area contributed by atoms with Crippen LogP contribution in [0.3, 0.4) is 0 Å². The van der Waals surface area contributed by atoms with Crippen LogP contribution in [0, 0.1) is 0 Å². The third-order valence-corrected chi connectivity index (χ3v) is 6.03. The van der Waals surface area contributed by atoms with Gasteiger partial charge in [0.15, 0.2) is 9.84 Å². The lowest BCUT2D eigenvalue weighted by Gasteiger charge is -2.19.